The predicted molar refractivity (Wildman–Crippen MR) is 70.6 cm³/mol. The van der Waals surface area contributed by atoms with Gasteiger partial charge in [-0.15, -0.1) is 0 Å². The van der Waals surface area contributed by atoms with E-state index in [1.165, 1.54) is 0 Å². The van der Waals surface area contributed by atoms with Crippen LogP contribution in [0.1, 0.15) is 25.8 Å². The molecule has 0 aliphatic heterocycles. The second-order valence-electron chi connectivity index (χ2n) is 3.71. The van der Waals surface area contributed by atoms with E-state index in [2.05, 4.69) is 0 Å². The van der Waals surface area contributed by atoms with Gasteiger partial charge in [-0.25, -0.2) is 0 Å². The van der Waals surface area contributed by atoms with E-state index >= 15 is 0 Å². The number of rotatable bonds is 8. The summed E-state index contributed by atoms with van der Waals surface area (Å²) < 4.78 is 22.1. The van der Waals surface area contributed by atoms with Crippen LogP contribution in [0, 0.1) is 0 Å². The Morgan fingerprint density at radius 3 is 2.17 bits per heavy atom. The topological polar surface area (TPSA) is 52.6 Å². The Hall–Kier alpha value is -0.960. The third-order valence-electron chi connectivity index (χ3n) is 2.37. The number of aryl methyl sites for hydroxylation is 1. The number of carbonyl (C=O) groups is 1. The van der Waals surface area contributed by atoms with Gasteiger partial charge in [0.2, 0.25) is 5.52 Å². The lowest BCUT2D eigenvalue weighted by molar-refractivity contribution is -0.114. The maximum Gasteiger partial charge on any atom is 0.396 e. The molecule has 0 aromatic heterocycles. The highest BCUT2D eigenvalue weighted by Crippen LogP contribution is 2.49. The van der Waals surface area contributed by atoms with Crippen molar-refractivity contribution in [1.29, 1.82) is 0 Å². The molecule has 0 amide bonds. The number of carbonyl (C=O) groups excluding carboxylic acids is 1. The average Bonchev–Trinajstić information content (AvgIpc) is 2.37. The number of hydrogen-bond acceptors (Lipinski definition) is 4. The first-order valence-corrected chi connectivity index (χ1v) is 7.63. The van der Waals surface area contributed by atoms with Crippen LogP contribution in [0.5, 0.6) is 0 Å². The molecule has 4 nitrogen and oxygen atoms in total. The molecule has 0 saturated carbocycles. The second-order valence-corrected chi connectivity index (χ2v) is 5.72. The Bertz CT molecular complexity index is 406. The third-order valence-corrected chi connectivity index (χ3v) is 4.40. The summed E-state index contributed by atoms with van der Waals surface area (Å²) in [5.41, 5.74) is 0.584. The van der Waals surface area contributed by atoms with Gasteiger partial charge < -0.3 is 9.05 Å². The lowest BCUT2D eigenvalue weighted by atomic mass is 10.1. The summed E-state index contributed by atoms with van der Waals surface area (Å²) in [7, 11) is -3.59. The summed E-state index contributed by atoms with van der Waals surface area (Å²) in [6, 6.07) is 9.59. The van der Waals surface area contributed by atoms with E-state index in [9.17, 15) is 9.36 Å². The smallest absolute Gasteiger partial charge is 0.303 e. The van der Waals surface area contributed by atoms with Crippen molar-refractivity contribution in [3.05, 3.63) is 35.9 Å². The van der Waals surface area contributed by atoms with E-state index in [0.29, 0.717) is 6.42 Å². The van der Waals surface area contributed by atoms with E-state index in [4.69, 9.17) is 9.05 Å². The van der Waals surface area contributed by atoms with Crippen LogP contribution in [0.4, 0.5) is 0 Å². The van der Waals surface area contributed by atoms with Crippen LogP contribution in [0.25, 0.3) is 0 Å². The van der Waals surface area contributed by atoms with E-state index in [1.807, 2.05) is 30.3 Å². The maximum atomic E-state index is 12.1. The van der Waals surface area contributed by atoms with E-state index in [0.717, 1.165) is 5.56 Å². The first-order chi connectivity index (χ1) is 8.62. The minimum Gasteiger partial charge on any atom is -0.303 e. The van der Waals surface area contributed by atoms with Gasteiger partial charge >= 0.3 is 7.60 Å². The molecule has 0 saturated heterocycles. The van der Waals surface area contributed by atoms with Crippen molar-refractivity contribution in [3.63, 3.8) is 0 Å². The molecule has 0 bridgehead atoms. The highest BCUT2D eigenvalue weighted by atomic mass is 31.2. The van der Waals surface area contributed by atoms with E-state index in [-0.39, 0.29) is 19.6 Å². The van der Waals surface area contributed by atoms with Crippen molar-refractivity contribution in [2.45, 2.75) is 26.7 Å². The summed E-state index contributed by atoms with van der Waals surface area (Å²) in [5, 5.41) is 0. The zero-order valence-electron chi connectivity index (χ0n) is 10.8. The van der Waals surface area contributed by atoms with Crippen LogP contribution in [0.2, 0.25) is 0 Å². The van der Waals surface area contributed by atoms with Gasteiger partial charge in [0.25, 0.3) is 0 Å². The van der Waals surface area contributed by atoms with E-state index in [1.54, 1.807) is 13.8 Å². The first-order valence-electron chi connectivity index (χ1n) is 6.08. The van der Waals surface area contributed by atoms with Gasteiger partial charge in [-0.2, -0.15) is 0 Å². The molecule has 0 spiro atoms. The predicted octanol–water partition coefficient (Wildman–Crippen LogP) is 3.41. The van der Waals surface area contributed by atoms with Crippen LogP contribution < -0.4 is 0 Å². The van der Waals surface area contributed by atoms with Crippen LogP contribution in [-0.2, 0) is 24.8 Å². The highest BCUT2D eigenvalue weighted by Gasteiger charge is 2.33. The van der Waals surface area contributed by atoms with Gasteiger partial charge in [0.1, 0.15) is 0 Å². The SMILES string of the molecule is CCOP(=O)(OCC)C(=O)CCc1ccccc1. The normalized spacial score (nSPS) is 11.4. The Balaban J connectivity index is 2.60. The average molecular weight is 270 g/mol. The molecule has 100 valence electrons. The molecule has 0 radical (unpaired) electrons. The summed E-state index contributed by atoms with van der Waals surface area (Å²) in [6.45, 7) is 3.79. The fourth-order valence-electron chi connectivity index (χ4n) is 1.55. The molecule has 0 atom stereocenters. The number of benzene rings is 1. The molecule has 1 aromatic carbocycles. The largest absolute Gasteiger partial charge is 0.396 e. The van der Waals surface area contributed by atoms with Crippen molar-refractivity contribution in [1.82, 2.24) is 0 Å². The fraction of sp³-hybridized carbons (Fsp3) is 0.462. The van der Waals surface area contributed by atoms with Crippen molar-refractivity contribution < 1.29 is 18.4 Å². The zero-order chi connectivity index (χ0) is 13.4. The molecule has 1 aromatic rings. The molecule has 0 aliphatic carbocycles. The van der Waals surface area contributed by atoms with Crippen molar-refractivity contribution in [3.8, 4) is 0 Å². The Morgan fingerprint density at radius 1 is 1.11 bits per heavy atom. The van der Waals surface area contributed by atoms with Gasteiger partial charge in [0.05, 0.1) is 13.2 Å². The van der Waals surface area contributed by atoms with Gasteiger partial charge in [-0.05, 0) is 25.8 Å². The molecule has 0 heterocycles. The van der Waals surface area contributed by atoms with Crippen molar-refractivity contribution in [2.24, 2.45) is 0 Å². The lowest BCUT2D eigenvalue weighted by Crippen LogP contribution is -2.08. The Kier molecular flexibility index (Phi) is 6.27. The molecule has 0 unspecified atom stereocenters. The molecule has 18 heavy (non-hydrogen) atoms. The van der Waals surface area contributed by atoms with Gasteiger partial charge in [0, 0.05) is 6.42 Å². The van der Waals surface area contributed by atoms with E-state index < -0.39 is 13.1 Å². The Morgan fingerprint density at radius 2 is 1.67 bits per heavy atom. The second kappa shape index (κ2) is 7.47. The van der Waals surface area contributed by atoms with Crippen molar-refractivity contribution in [2.75, 3.05) is 13.2 Å². The van der Waals surface area contributed by atoms with Crippen LogP contribution in [-0.4, -0.2) is 18.7 Å². The summed E-state index contributed by atoms with van der Waals surface area (Å²) >= 11 is 0. The molecular formula is C13H19O4P. The standard InChI is InChI=1S/C13H19O4P/c1-3-16-18(15,17-4-2)13(14)11-10-12-8-6-5-7-9-12/h5-9H,3-4,10-11H2,1-2H3. The van der Waals surface area contributed by atoms with Crippen molar-refractivity contribution >= 4 is 13.1 Å². The quantitative estimate of drug-likeness (QED) is 0.679. The molecule has 0 aliphatic rings. The third kappa shape index (κ3) is 4.37. The first kappa shape index (κ1) is 15.1. The van der Waals surface area contributed by atoms with Gasteiger partial charge in [-0.1, -0.05) is 30.3 Å². The lowest BCUT2D eigenvalue weighted by Gasteiger charge is -2.15. The fourth-order valence-corrected chi connectivity index (χ4v) is 2.98. The number of hydrogen-bond donors (Lipinski definition) is 0. The monoisotopic (exact) mass is 270 g/mol. The summed E-state index contributed by atoms with van der Waals surface area (Å²) in [4.78, 5) is 11.9. The molecule has 0 fully saturated rings. The Labute approximate surface area is 108 Å². The minimum absolute atomic E-state index is 0.168. The van der Waals surface area contributed by atoms with Gasteiger partial charge in [0.15, 0.2) is 0 Å². The highest BCUT2D eigenvalue weighted by molar-refractivity contribution is 7.71. The molecular weight excluding hydrogens is 251 g/mol. The van der Waals surface area contributed by atoms with Crippen LogP contribution in [0.3, 0.4) is 0 Å². The minimum atomic E-state index is -3.59. The zero-order valence-corrected chi connectivity index (χ0v) is 11.7. The molecule has 1 rings (SSSR count). The summed E-state index contributed by atoms with van der Waals surface area (Å²) in [5.74, 6) is 0. The maximum absolute atomic E-state index is 12.1. The molecule has 0 N–H and O–H groups in total. The van der Waals surface area contributed by atoms with Crippen LogP contribution in [0.15, 0.2) is 30.3 Å². The molecule has 5 heteroatoms. The van der Waals surface area contributed by atoms with Gasteiger partial charge in [-0.3, -0.25) is 9.36 Å². The summed E-state index contributed by atoms with van der Waals surface area (Å²) in [6.07, 6.45) is 0.713. The van der Waals surface area contributed by atoms with Crippen LogP contribution >= 0.6 is 7.60 Å².